The van der Waals surface area contributed by atoms with Crippen LogP contribution in [-0.2, 0) is 6.61 Å². The molecule has 0 atom stereocenters. The molecule has 2 aromatic carbocycles. The second-order valence-electron chi connectivity index (χ2n) is 5.41. The standard InChI is InChI=1S/C18H16ClN5O2/c1-12-17(25)21-18(24-22-12)23-20-10-14-4-2-3-5-16(14)26-11-13-6-8-15(19)9-7-13/h2-10H,11H2,1H3,(H2,21,23,24,25)/b20-10+. The number of hydrogen-bond donors (Lipinski definition) is 2. The Labute approximate surface area is 154 Å². The number of aromatic amines is 1. The highest BCUT2D eigenvalue weighted by Crippen LogP contribution is 2.18. The molecule has 0 bridgehead atoms. The molecule has 3 aromatic rings. The van der Waals surface area contributed by atoms with E-state index >= 15 is 0 Å². The van der Waals surface area contributed by atoms with E-state index in [1.54, 1.807) is 13.1 Å². The van der Waals surface area contributed by atoms with Gasteiger partial charge in [-0.2, -0.15) is 5.10 Å². The molecule has 0 unspecified atom stereocenters. The molecule has 1 aromatic heterocycles. The van der Waals surface area contributed by atoms with Crippen LogP contribution in [0.3, 0.4) is 0 Å². The average Bonchev–Trinajstić information content (AvgIpc) is 2.65. The van der Waals surface area contributed by atoms with E-state index in [1.165, 1.54) is 0 Å². The zero-order chi connectivity index (χ0) is 18.4. The Morgan fingerprint density at radius 2 is 1.96 bits per heavy atom. The minimum Gasteiger partial charge on any atom is -0.488 e. The summed E-state index contributed by atoms with van der Waals surface area (Å²) >= 11 is 5.88. The number of anilines is 1. The maximum atomic E-state index is 11.5. The molecular formula is C18H16ClN5O2. The van der Waals surface area contributed by atoms with Gasteiger partial charge >= 0.3 is 0 Å². The number of ether oxygens (including phenoxy) is 1. The number of halogens is 1. The van der Waals surface area contributed by atoms with Gasteiger partial charge in [0.2, 0.25) is 5.95 Å². The summed E-state index contributed by atoms with van der Waals surface area (Å²) in [6.45, 7) is 1.99. The van der Waals surface area contributed by atoms with Crippen LogP contribution in [0.25, 0.3) is 0 Å². The molecule has 3 rings (SSSR count). The van der Waals surface area contributed by atoms with Crippen LogP contribution in [0.4, 0.5) is 5.95 Å². The Morgan fingerprint density at radius 3 is 2.73 bits per heavy atom. The number of aryl methyl sites for hydroxylation is 1. The maximum Gasteiger partial charge on any atom is 0.274 e. The van der Waals surface area contributed by atoms with Crippen molar-refractivity contribution >= 4 is 23.8 Å². The lowest BCUT2D eigenvalue weighted by Crippen LogP contribution is -2.15. The second-order valence-corrected chi connectivity index (χ2v) is 5.85. The number of para-hydroxylation sites is 1. The van der Waals surface area contributed by atoms with E-state index in [9.17, 15) is 4.79 Å². The van der Waals surface area contributed by atoms with E-state index in [1.807, 2.05) is 48.5 Å². The quantitative estimate of drug-likeness (QED) is 0.514. The highest BCUT2D eigenvalue weighted by atomic mass is 35.5. The van der Waals surface area contributed by atoms with Crippen molar-refractivity contribution in [2.24, 2.45) is 5.10 Å². The first-order valence-corrected chi connectivity index (χ1v) is 8.18. The van der Waals surface area contributed by atoms with Crippen LogP contribution >= 0.6 is 11.6 Å². The fraction of sp³-hybridized carbons (Fsp3) is 0.111. The van der Waals surface area contributed by atoms with Crippen molar-refractivity contribution in [3.8, 4) is 5.75 Å². The molecule has 0 saturated heterocycles. The van der Waals surface area contributed by atoms with E-state index in [0.717, 1.165) is 11.1 Å². The van der Waals surface area contributed by atoms with Crippen LogP contribution in [0.15, 0.2) is 58.4 Å². The first-order valence-electron chi connectivity index (χ1n) is 7.81. The number of nitrogens with zero attached hydrogens (tertiary/aromatic N) is 3. The van der Waals surface area contributed by atoms with Crippen LogP contribution in [0.1, 0.15) is 16.8 Å². The number of benzene rings is 2. The van der Waals surface area contributed by atoms with Gasteiger partial charge in [0.05, 0.1) is 6.21 Å². The molecule has 0 spiro atoms. The van der Waals surface area contributed by atoms with Crippen LogP contribution in [0.5, 0.6) is 5.75 Å². The fourth-order valence-corrected chi connectivity index (χ4v) is 2.19. The largest absolute Gasteiger partial charge is 0.488 e. The van der Waals surface area contributed by atoms with E-state index in [0.29, 0.717) is 23.1 Å². The number of aromatic nitrogens is 3. The van der Waals surface area contributed by atoms with Crippen LogP contribution in [0, 0.1) is 6.92 Å². The summed E-state index contributed by atoms with van der Waals surface area (Å²) in [6.07, 6.45) is 1.58. The zero-order valence-corrected chi connectivity index (χ0v) is 14.7. The molecule has 0 aliphatic heterocycles. The number of hydrogen-bond acceptors (Lipinski definition) is 6. The molecule has 0 radical (unpaired) electrons. The number of rotatable bonds is 6. The summed E-state index contributed by atoms with van der Waals surface area (Å²) < 4.78 is 5.85. The van der Waals surface area contributed by atoms with Gasteiger partial charge < -0.3 is 4.74 Å². The Morgan fingerprint density at radius 1 is 1.19 bits per heavy atom. The SMILES string of the molecule is Cc1nnc(N/N=C/c2ccccc2OCc2ccc(Cl)cc2)[nH]c1=O. The summed E-state index contributed by atoms with van der Waals surface area (Å²) in [5, 5.41) is 12.3. The molecule has 1 heterocycles. The summed E-state index contributed by atoms with van der Waals surface area (Å²) in [6, 6.07) is 14.9. The minimum atomic E-state index is -0.315. The topological polar surface area (TPSA) is 92.3 Å². The van der Waals surface area contributed by atoms with Gasteiger partial charge in [0.25, 0.3) is 5.56 Å². The predicted octanol–water partition coefficient (Wildman–Crippen LogP) is 3.15. The van der Waals surface area contributed by atoms with Crippen molar-refractivity contribution in [1.82, 2.24) is 15.2 Å². The van der Waals surface area contributed by atoms with Gasteiger partial charge in [0.1, 0.15) is 18.1 Å². The van der Waals surface area contributed by atoms with Crippen LogP contribution < -0.4 is 15.7 Å². The smallest absolute Gasteiger partial charge is 0.274 e. The van der Waals surface area contributed by atoms with Crippen molar-refractivity contribution in [2.75, 3.05) is 5.43 Å². The van der Waals surface area contributed by atoms with E-state index in [-0.39, 0.29) is 11.5 Å². The molecule has 0 aliphatic rings. The normalized spacial score (nSPS) is 10.8. The maximum absolute atomic E-state index is 11.5. The molecule has 8 heteroatoms. The molecule has 7 nitrogen and oxygen atoms in total. The van der Waals surface area contributed by atoms with Crippen LogP contribution in [-0.4, -0.2) is 21.4 Å². The second kappa shape index (κ2) is 8.26. The highest BCUT2D eigenvalue weighted by Gasteiger charge is 2.02. The molecule has 26 heavy (non-hydrogen) atoms. The molecule has 0 aliphatic carbocycles. The van der Waals surface area contributed by atoms with Gasteiger partial charge in [-0.05, 0) is 36.8 Å². The van der Waals surface area contributed by atoms with Crippen molar-refractivity contribution in [3.05, 3.63) is 80.7 Å². The molecule has 2 N–H and O–H groups in total. The monoisotopic (exact) mass is 369 g/mol. The number of nitrogens with one attached hydrogen (secondary N) is 2. The lowest BCUT2D eigenvalue weighted by molar-refractivity contribution is 0.306. The first-order chi connectivity index (χ1) is 12.6. The highest BCUT2D eigenvalue weighted by molar-refractivity contribution is 6.30. The molecular weight excluding hydrogens is 354 g/mol. The lowest BCUT2D eigenvalue weighted by atomic mass is 10.2. The third-order valence-electron chi connectivity index (χ3n) is 3.46. The van der Waals surface area contributed by atoms with Crippen molar-refractivity contribution < 1.29 is 4.74 Å². The summed E-state index contributed by atoms with van der Waals surface area (Å²) in [4.78, 5) is 14.0. The van der Waals surface area contributed by atoms with Gasteiger partial charge in [-0.3, -0.25) is 9.78 Å². The van der Waals surface area contributed by atoms with E-state index in [2.05, 4.69) is 25.7 Å². The third kappa shape index (κ3) is 4.67. The Balaban J connectivity index is 1.67. The van der Waals surface area contributed by atoms with Crippen molar-refractivity contribution in [2.45, 2.75) is 13.5 Å². The Kier molecular flexibility index (Phi) is 5.60. The zero-order valence-electron chi connectivity index (χ0n) is 13.9. The van der Waals surface area contributed by atoms with Gasteiger partial charge in [0.15, 0.2) is 0 Å². The number of H-pyrrole nitrogens is 1. The van der Waals surface area contributed by atoms with Gasteiger partial charge in [-0.15, -0.1) is 10.2 Å². The molecule has 132 valence electrons. The average molecular weight is 370 g/mol. The lowest BCUT2D eigenvalue weighted by Gasteiger charge is -2.09. The third-order valence-corrected chi connectivity index (χ3v) is 3.71. The van der Waals surface area contributed by atoms with Crippen molar-refractivity contribution in [3.63, 3.8) is 0 Å². The Bertz CT molecular complexity index is 970. The molecule has 0 saturated carbocycles. The van der Waals surface area contributed by atoms with Crippen molar-refractivity contribution in [1.29, 1.82) is 0 Å². The Hall–Kier alpha value is -3.19. The predicted molar refractivity (Wildman–Crippen MR) is 101 cm³/mol. The summed E-state index contributed by atoms with van der Waals surface area (Å²) in [7, 11) is 0. The summed E-state index contributed by atoms with van der Waals surface area (Å²) in [5.41, 5.74) is 4.40. The molecule has 0 amide bonds. The van der Waals surface area contributed by atoms with Gasteiger partial charge in [-0.25, -0.2) is 5.43 Å². The van der Waals surface area contributed by atoms with E-state index in [4.69, 9.17) is 16.3 Å². The van der Waals surface area contributed by atoms with Gasteiger partial charge in [-0.1, -0.05) is 35.9 Å². The van der Waals surface area contributed by atoms with E-state index < -0.39 is 0 Å². The number of hydrazone groups is 1. The van der Waals surface area contributed by atoms with Gasteiger partial charge in [0, 0.05) is 10.6 Å². The minimum absolute atomic E-state index is 0.163. The van der Waals surface area contributed by atoms with Crippen LogP contribution in [0.2, 0.25) is 5.02 Å². The summed E-state index contributed by atoms with van der Waals surface area (Å²) in [5.74, 6) is 0.841. The first kappa shape index (κ1) is 17.6. The molecule has 0 fully saturated rings. The fourth-order valence-electron chi connectivity index (χ4n) is 2.07.